The highest BCUT2D eigenvalue weighted by Gasteiger charge is 2.23. The fourth-order valence-corrected chi connectivity index (χ4v) is 2.64. The Morgan fingerprint density at radius 3 is 2.24 bits per heavy atom. The summed E-state index contributed by atoms with van der Waals surface area (Å²) in [5.41, 5.74) is 10.1. The van der Waals surface area contributed by atoms with Crippen LogP contribution in [0, 0.1) is 0 Å². The molecule has 0 aliphatic carbocycles. The van der Waals surface area contributed by atoms with Crippen LogP contribution in [-0.4, -0.2) is 20.8 Å². The predicted molar refractivity (Wildman–Crippen MR) is 88.4 cm³/mol. The molecule has 5 heteroatoms. The molecule has 2 aromatic carbocycles. The number of hydrogen-bond acceptors (Lipinski definition) is 4. The first-order valence-electron chi connectivity index (χ1n) is 6.61. The van der Waals surface area contributed by atoms with Gasteiger partial charge in [-0.3, -0.25) is 0 Å². The van der Waals surface area contributed by atoms with Crippen molar-refractivity contribution < 1.29 is 9.47 Å². The SMILES string of the molecule is COc1cc2c(cc1OC)N(c1ccc(N)cc1)CC2.Cl. The van der Waals surface area contributed by atoms with Gasteiger partial charge in [-0.1, -0.05) is 0 Å². The Kier molecular flexibility index (Phi) is 4.48. The van der Waals surface area contributed by atoms with Crippen LogP contribution in [0.15, 0.2) is 36.4 Å². The van der Waals surface area contributed by atoms with Gasteiger partial charge < -0.3 is 20.1 Å². The van der Waals surface area contributed by atoms with Gasteiger partial charge >= 0.3 is 0 Å². The molecular formula is C16H19ClN2O2. The van der Waals surface area contributed by atoms with E-state index in [9.17, 15) is 0 Å². The zero-order chi connectivity index (χ0) is 14.1. The van der Waals surface area contributed by atoms with Crippen molar-refractivity contribution in [1.29, 1.82) is 0 Å². The summed E-state index contributed by atoms with van der Waals surface area (Å²) in [7, 11) is 3.32. The third-order valence-electron chi connectivity index (χ3n) is 3.69. The molecule has 0 saturated carbocycles. The van der Waals surface area contributed by atoms with Gasteiger partial charge in [-0.25, -0.2) is 0 Å². The van der Waals surface area contributed by atoms with E-state index in [0.29, 0.717) is 0 Å². The van der Waals surface area contributed by atoms with Crippen LogP contribution >= 0.6 is 12.4 Å². The molecule has 21 heavy (non-hydrogen) atoms. The minimum absolute atomic E-state index is 0. The van der Waals surface area contributed by atoms with E-state index < -0.39 is 0 Å². The van der Waals surface area contributed by atoms with E-state index in [1.54, 1.807) is 14.2 Å². The van der Waals surface area contributed by atoms with Gasteiger partial charge in [0.25, 0.3) is 0 Å². The van der Waals surface area contributed by atoms with E-state index in [0.717, 1.165) is 35.8 Å². The summed E-state index contributed by atoms with van der Waals surface area (Å²) in [6.45, 7) is 0.954. The molecule has 0 unspecified atom stereocenters. The third kappa shape index (κ3) is 2.72. The van der Waals surface area contributed by atoms with E-state index in [-0.39, 0.29) is 12.4 Å². The van der Waals surface area contributed by atoms with Crippen LogP contribution in [0.1, 0.15) is 5.56 Å². The van der Waals surface area contributed by atoms with Gasteiger partial charge in [-0.2, -0.15) is 0 Å². The Morgan fingerprint density at radius 2 is 1.62 bits per heavy atom. The van der Waals surface area contributed by atoms with Gasteiger partial charge in [-0.05, 0) is 42.3 Å². The lowest BCUT2D eigenvalue weighted by Crippen LogP contribution is -2.13. The van der Waals surface area contributed by atoms with Crippen LogP contribution in [0.2, 0.25) is 0 Å². The average molecular weight is 307 g/mol. The first kappa shape index (κ1) is 15.3. The molecule has 2 aromatic rings. The molecule has 0 saturated heterocycles. The van der Waals surface area contributed by atoms with Crippen LogP contribution in [0.3, 0.4) is 0 Å². The molecule has 0 amide bonds. The number of nitrogens with two attached hydrogens (primary N) is 1. The van der Waals surface area contributed by atoms with Crippen molar-refractivity contribution in [3.8, 4) is 11.5 Å². The van der Waals surface area contributed by atoms with Crippen molar-refractivity contribution >= 4 is 29.5 Å². The molecule has 2 N–H and O–H groups in total. The second-order valence-electron chi connectivity index (χ2n) is 4.83. The van der Waals surface area contributed by atoms with Crippen molar-refractivity contribution in [1.82, 2.24) is 0 Å². The quantitative estimate of drug-likeness (QED) is 0.883. The molecule has 1 aliphatic heterocycles. The number of nitrogen functional groups attached to an aromatic ring is 1. The summed E-state index contributed by atoms with van der Waals surface area (Å²) < 4.78 is 10.8. The summed E-state index contributed by atoms with van der Waals surface area (Å²) in [5.74, 6) is 1.54. The number of anilines is 3. The Morgan fingerprint density at radius 1 is 1.00 bits per heavy atom. The Bertz CT molecular complexity index is 629. The fourth-order valence-electron chi connectivity index (χ4n) is 2.64. The lowest BCUT2D eigenvalue weighted by Gasteiger charge is -2.20. The number of rotatable bonds is 3. The van der Waals surface area contributed by atoms with Gasteiger partial charge in [0, 0.05) is 29.7 Å². The zero-order valence-electron chi connectivity index (χ0n) is 12.1. The van der Waals surface area contributed by atoms with E-state index in [2.05, 4.69) is 11.0 Å². The molecule has 1 heterocycles. The molecule has 0 fully saturated rings. The summed E-state index contributed by atoms with van der Waals surface area (Å²) in [6, 6.07) is 12.0. The van der Waals surface area contributed by atoms with Crippen LogP contribution in [0.25, 0.3) is 0 Å². The van der Waals surface area contributed by atoms with Crippen molar-refractivity contribution in [2.24, 2.45) is 0 Å². The highest BCUT2D eigenvalue weighted by atomic mass is 35.5. The third-order valence-corrected chi connectivity index (χ3v) is 3.69. The summed E-state index contributed by atoms with van der Waals surface area (Å²) in [4.78, 5) is 2.27. The van der Waals surface area contributed by atoms with Crippen LogP contribution < -0.4 is 20.1 Å². The van der Waals surface area contributed by atoms with E-state index in [4.69, 9.17) is 15.2 Å². The Labute approximate surface area is 130 Å². The molecule has 0 spiro atoms. The highest BCUT2D eigenvalue weighted by molar-refractivity contribution is 5.85. The molecular weight excluding hydrogens is 288 g/mol. The first-order valence-corrected chi connectivity index (χ1v) is 6.61. The van der Waals surface area contributed by atoms with Crippen molar-refractivity contribution in [3.05, 3.63) is 42.0 Å². The second-order valence-corrected chi connectivity index (χ2v) is 4.83. The van der Waals surface area contributed by atoms with Gasteiger partial charge in [0.1, 0.15) is 0 Å². The van der Waals surface area contributed by atoms with Gasteiger partial charge in [-0.15, -0.1) is 12.4 Å². The minimum atomic E-state index is 0. The lowest BCUT2D eigenvalue weighted by atomic mass is 10.1. The number of fused-ring (bicyclic) bond motifs is 1. The molecule has 4 nitrogen and oxygen atoms in total. The molecule has 1 aliphatic rings. The maximum Gasteiger partial charge on any atom is 0.162 e. The number of benzene rings is 2. The maximum atomic E-state index is 5.75. The van der Waals surface area contributed by atoms with Crippen molar-refractivity contribution in [3.63, 3.8) is 0 Å². The van der Waals surface area contributed by atoms with Gasteiger partial charge in [0.05, 0.1) is 14.2 Å². The first-order chi connectivity index (χ1) is 9.72. The molecule has 0 bridgehead atoms. The average Bonchev–Trinajstić information content (AvgIpc) is 2.89. The molecule has 0 radical (unpaired) electrons. The van der Waals surface area contributed by atoms with E-state index in [1.807, 2.05) is 30.3 Å². The predicted octanol–water partition coefficient (Wildman–Crippen LogP) is 3.40. The maximum absolute atomic E-state index is 5.75. The van der Waals surface area contributed by atoms with Crippen LogP contribution in [0.5, 0.6) is 11.5 Å². The largest absolute Gasteiger partial charge is 0.493 e. The second kappa shape index (κ2) is 6.14. The summed E-state index contributed by atoms with van der Waals surface area (Å²) in [5, 5.41) is 0. The number of ether oxygens (including phenoxy) is 2. The van der Waals surface area contributed by atoms with Gasteiger partial charge in [0.15, 0.2) is 11.5 Å². The molecule has 112 valence electrons. The standard InChI is InChI=1S/C16H18N2O2.ClH/c1-19-15-9-11-7-8-18(14(11)10-16(15)20-2)13-5-3-12(17)4-6-13;/h3-6,9-10H,7-8,17H2,1-2H3;1H. The normalized spacial score (nSPS) is 12.6. The molecule has 3 rings (SSSR count). The zero-order valence-corrected chi connectivity index (χ0v) is 12.9. The van der Waals surface area contributed by atoms with E-state index in [1.165, 1.54) is 11.3 Å². The Balaban J connectivity index is 0.00000161. The number of hydrogen-bond donors (Lipinski definition) is 1. The van der Waals surface area contributed by atoms with Crippen LogP contribution in [-0.2, 0) is 6.42 Å². The smallest absolute Gasteiger partial charge is 0.162 e. The monoisotopic (exact) mass is 306 g/mol. The number of nitrogens with zero attached hydrogens (tertiary/aromatic N) is 1. The molecule has 0 aromatic heterocycles. The van der Waals surface area contributed by atoms with Gasteiger partial charge in [0.2, 0.25) is 0 Å². The summed E-state index contributed by atoms with van der Waals surface area (Å²) in [6.07, 6.45) is 1.00. The van der Waals surface area contributed by atoms with Crippen molar-refractivity contribution in [2.75, 3.05) is 31.4 Å². The fraction of sp³-hybridized carbons (Fsp3) is 0.250. The molecule has 0 atom stereocenters. The topological polar surface area (TPSA) is 47.7 Å². The Hall–Kier alpha value is -2.07. The van der Waals surface area contributed by atoms with Crippen LogP contribution in [0.4, 0.5) is 17.1 Å². The minimum Gasteiger partial charge on any atom is -0.493 e. The van der Waals surface area contributed by atoms with Crippen molar-refractivity contribution in [2.45, 2.75) is 6.42 Å². The highest BCUT2D eigenvalue weighted by Crippen LogP contribution is 2.41. The lowest BCUT2D eigenvalue weighted by molar-refractivity contribution is 0.355. The number of methoxy groups -OCH3 is 2. The number of halogens is 1. The van der Waals surface area contributed by atoms with E-state index >= 15 is 0 Å². The summed E-state index contributed by atoms with van der Waals surface area (Å²) >= 11 is 0.